The summed E-state index contributed by atoms with van der Waals surface area (Å²) in [6.07, 6.45) is 0.721. The lowest BCUT2D eigenvalue weighted by atomic mass is 10.1. The molecule has 1 heterocycles. The maximum absolute atomic E-state index is 12.7. The zero-order chi connectivity index (χ0) is 13.0. The second-order valence-corrected chi connectivity index (χ2v) is 4.24. The van der Waals surface area contributed by atoms with Crippen LogP contribution in [0.2, 0.25) is 0 Å². The smallest absolute Gasteiger partial charge is 0.410 e. The second-order valence-electron chi connectivity index (χ2n) is 4.24. The number of rotatable bonds is 2. The lowest BCUT2D eigenvalue weighted by molar-refractivity contribution is -0.121. The minimum atomic E-state index is -0.493. The van der Waals surface area contributed by atoms with Crippen LogP contribution in [0, 0.1) is 5.82 Å². The summed E-state index contributed by atoms with van der Waals surface area (Å²) in [5.74, 6) is -0.272. The minimum Gasteiger partial charge on any atom is -0.445 e. The fourth-order valence-corrected chi connectivity index (χ4v) is 1.81. The number of carbonyl (C=O) groups excluding carboxylic acids is 2. The maximum Gasteiger partial charge on any atom is 0.410 e. The van der Waals surface area contributed by atoms with Crippen molar-refractivity contribution in [1.29, 1.82) is 0 Å². The molecule has 5 heteroatoms. The molecule has 0 aliphatic carbocycles. The molecule has 0 atom stereocenters. The lowest BCUT2D eigenvalue weighted by Gasteiger charge is -2.24. The summed E-state index contributed by atoms with van der Waals surface area (Å²) in [5, 5.41) is 0. The van der Waals surface area contributed by atoms with Gasteiger partial charge in [-0.25, -0.2) is 9.18 Å². The predicted octanol–water partition coefficient (Wildman–Crippen LogP) is 2.13. The number of piperidine rings is 1. The molecule has 18 heavy (non-hydrogen) atoms. The van der Waals surface area contributed by atoms with Gasteiger partial charge >= 0.3 is 6.09 Å². The van der Waals surface area contributed by atoms with Gasteiger partial charge in [0.25, 0.3) is 0 Å². The van der Waals surface area contributed by atoms with E-state index in [1.165, 1.54) is 17.0 Å². The highest BCUT2D eigenvalue weighted by molar-refractivity contribution is 5.85. The Bertz CT molecular complexity index is 444. The van der Waals surface area contributed by atoms with Crippen LogP contribution in [0.5, 0.6) is 0 Å². The Morgan fingerprint density at radius 3 is 2.72 bits per heavy atom. The third-order valence-electron chi connectivity index (χ3n) is 2.78. The number of benzene rings is 1. The summed E-state index contributed by atoms with van der Waals surface area (Å²) in [6, 6.07) is 5.75. The van der Waals surface area contributed by atoms with E-state index < -0.39 is 6.09 Å². The quantitative estimate of drug-likeness (QED) is 0.809. The third kappa shape index (κ3) is 3.29. The Balaban J connectivity index is 1.84. The summed E-state index contributed by atoms with van der Waals surface area (Å²) in [4.78, 5) is 24.3. The van der Waals surface area contributed by atoms with E-state index in [4.69, 9.17) is 4.74 Å². The number of amides is 1. The Kier molecular flexibility index (Phi) is 3.92. The van der Waals surface area contributed by atoms with Gasteiger partial charge in [-0.15, -0.1) is 0 Å². The Hall–Kier alpha value is -1.91. The van der Waals surface area contributed by atoms with Gasteiger partial charge in [0, 0.05) is 13.0 Å². The van der Waals surface area contributed by atoms with E-state index in [0.717, 1.165) is 0 Å². The molecule has 1 aliphatic heterocycles. The molecule has 0 spiro atoms. The van der Waals surface area contributed by atoms with Gasteiger partial charge in [0.2, 0.25) is 0 Å². The van der Waals surface area contributed by atoms with Gasteiger partial charge in [-0.2, -0.15) is 0 Å². The lowest BCUT2D eigenvalue weighted by Crippen LogP contribution is -2.40. The molecule has 0 radical (unpaired) electrons. The summed E-state index contributed by atoms with van der Waals surface area (Å²) in [5.41, 5.74) is 0.716. The first-order valence-electron chi connectivity index (χ1n) is 5.83. The Morgan fingerprint density at radius 1 is 1.33 bits per heavy atom. The van der Waals surface area contributed by atoms with E-state index in [9.17, 15) is 14.0 Å². The Labute approximate surface area is 104 Å². The molecule has 4 nitrogen and oxygen atoms in total. The van der Waals surface area contributed by atoms with Crippen molar-refractivity contribution < 1.29 is 18.7 Å². The summed E-state index contributed by atoms with van der Waals surface area (Å²) >= 11 is 0. The van der Waals surface area contributed by atoms with Crippen molar-refractivity contribution in [3.63, 3.8) is 0 Å². The van der Waals surface area contributed by atoms with Crippen LogP contribution in [0.25, 0.3) is 0 Å². The number of halogens is 1. The van der Waals surface area contributed by atoms with Gasteiger partial charge in [-0.1, -0.05) is 12.1 Å². The number of hydrogen-bond donors (Lipinski definition) is 0. The van der Waals surface area contributed by atoms with Crippen molar-refractivity contribution in [2.24, 2.45) is 0 Å². The number of ether oxygens (including phenoxy) is 1. The monoisotopic (exact) mass is 251 g/mol. The average molecular weight is 251 g/mol. The number of nitrogens with zero attached hydrogens (tertiary/aromatic N) is 1. The molecule has 0 aromatic heterocycles. The highest BCUT2D eigenvalue weighted by Crippen LogP contribution is 2.09. The number of ketones is 1. The van der Waals surface area contributed by atoms with Crippen molar-refractivity contribution in [2.75, 3.05) is 13.1 Å². The van der Waals surface area contributed by atoms with E-state index >= 15 is 0 Å². The molecule has 0 N–H and O–H groups in total. The van der Waals surface area contributed by atoms with E-state index in [1.54, 1.807) is 12.1 Å². The SMILES string of the molecule is O=C1CCCN(C(=O)OCc2ccc(F)cc2)C1. The van der Waals surface area contributed by atoms with E-state index in [2.05, 4.69) is 0 Å². The summed E-state index contributed by atoms with van der Waals surface area (Å²) < 4.78 is 17.7. The molecule has 0 unspecified atom stereocenters. The van der Waals surface area contributed by atoms with E-state index in [1.807, 2.05) is 0 Å². The standard InChI is InChI=1S/C13H14FNO3/c14-11-5-3-10(4-6-11)9-18-13(17)15-7-1-2-12(16)8-15/h3-6H,1-2,7-9H2. The van der Waals surface area contributed by atoms with Gasteiger partial charge in [0.05, 0.1) is 6.54 Å². The molecule has 1 saturated heterocycles. The first kappa shape index (κ1) is 12.5. The van der Waals surface area contributed by atoms with Crippen molar-refractivity contribution in [3.8, 4) is 0 Å². The van der Waals surface area contributed by atoms with Crippen LogP contribution in [0.4, 0.5) is 9.18 Å². The summed E-state index contributed by atoms with van der Waals surface area (Å²) in [7, 11) is 0. The first-order chi connectivity index (χ1) is 8.65. The van der Waals surface area contributed by atoms with Gasteiger partial charge in [0.1, 0.15) is 12.4 Å². The highest BCUT2D eigenvalue weighted by atomic mass is 19.1. The van der Waals surface area contributed by atoms with Crippen molar-refractivity contribution in [3.05, 3.63) is 35.6 Å². The molecule has 96 valence electrons. The van der Waals surface area contributed by atoms with Crippen LogP contribution in [0.1, 0.15) is 18.4 Å². The fourth-order valence-electron chi connectivity index (χ4n) is 1.81. The van der Waals surface area contributed by atoms with Crippen molar-refractivity contribution in [2.45, 2.75) is 19.4 Å². The zero-order valence-corrected chi connectivity index (χ0v) is 9.89. The molecule has 1 aliphatic rings. The molecule has 1 fully saturated rings. The van der Waals surface area contributed by atoms with Crippen LogP contribution in [0.3, 0.4) is 0 Å². The molecule has 0 saturated carbocycles. The predicted molar refractivity (Wildman–Crippen MR) is 62.4 cm³/mol. The van der Waals surface area contributed by atoms with Gasteiger partial charge in [-0.05, 0) is 24.1 Å². The Morgan fingerprint density at radius 2 is 2.06 bits per heavy atom. The maximum atomic E-state index is 12.7. The molecule has 0 bridgehead atoms. The minimum absolute atomic E-state index is 0.0555. The van der Waals surface area contributed by atoms with Crippen LogP contribution in [0.15, 0.2) is 24.3 Å². The van der Waals surface area contributed by atoms with Crippen molar-refractivity contribution >= 4 is 11.9 Å². The molecule has 1 aromatic rings. The average Bonchev–Trinajstić information content (AvgIpc) is 2.38. The number of hydrogen-bond acceptors (Lipinski definition) is 3. The highest BCUT2D eigenvalue weighted by Gasteiger charge is 2.22. The molecule has 2 rings (SSSR count). The summed E-state index contributed by atoms with van der Waals surface area (Å²) in [6.45, 7) is 0.764. The molecule has 1 aromatic carbocycles. The van der Waals surface area contributed by atoms with Crippen LogP contribution in [-0.4, -0.2) is 29.9 Å². The van der Waals surface area contributed by atoms with Crippen LogP contribution >= 0.6 is 0 Å². The van der Waals surface area contributed by atoms with E-state index in [-0.39, 0.29) is 24.8 Å². The van der Waals surface area contributed by atoms with E-state index in [0.29, 0.717) is 24.9 Å². The molecule has 1 amide bonds. The largest absolute Gasteiger partial charge is 0.445 e. The number of likely N-dealkylation sites (tertiary alicyclic amines) is 1. The normalized spacial score (nSPS) is 15.6. The molecular weight excluding hydrogens is 237 g/mol. The van der Waals surface area contributed by atoms with Gasteiger partial charge in [0.15, 0.2) is 5.78 Å². The van der Waals surface area contributed by atoms with Gasteiger partial charge in [-0.3, -0.25) is 4.79 Å². The second kappa shape index (κ2) is 5.62. The first-order valence-corrected chi connectivity index (χ1v) is 5.83. The number of Topliss-reactive ketones (excluding diaryl/α,β-unsaturated/α-hetero) is 1. The number of carbonyl (C=O) groups is 2. The zero-order valence-electron chi connectivity index (χ0n) is 9.89. The topological polar surface area (TPSA) is 46.6 Å². The molecular formula is C13H14FNO3. The van der Waals surface area contributed by atoms with Gasteiger partial charge < -0.3 is 9.64 Å². The van der Waals surface area contributed by atoms with Crippen molar-refractivity contribution in [1.82, 2.24) is 4.90 Å². The van der Waals surface area contributed by atoms with Crippen LogP contribution < -0.4 is 0 Å². The van der Waals surface area contributed by atoms with Crippen LogP contribution in [-0.2, 0) is 16.1 Å². The fraction of sp³-hybridized carbons (Fsp3) is 0.385. The third-order valence-corrected chi connectivity index (χ3v) is 2.78.